The van der Waals surface area contributed by atoms with Crippen LogP contribution in [0.2, 0.25) is 0 Å². The Labute approximate surface area is 121 Å². The molecule has 1 aliphatic rings. The Balaban J connectivity index is 1.90. The number of ether oxygens (including phenoxy) is 1. The standard InChI is InChI=1S/C18H21NO/c1-18(2,3)15-9-10-17-14(11-15)12-19(13-20-17)16-7-5-4-6-8-16/h4-11H,12-13H2,1-3H3. The highest BCUT2D eigenvalue weighted by molar-refractivity contribution is 5.50. The first-order chi connectivity index (χ1) is 9.54. The summed E-state index contributed by atoms with van der Waals surface area (Å²) in [6, 6.07) is 17.0. The van der Waals surface area contributed by atoms with Gasteiger partial charge in [0, 0.05) is 17.8 Å². The molecule has 0 aliphatic carbocycles. The monoisotopic (exact) mass is 267 g/mol. The molecule has 1 aliphatic heterocycles. The lowest BCUT2D eigenvalue weighted by Gasteiger charge is -2.32. The van der Waals surface area contributed by atoms with Crippen LogP contribution in [0.25, 0.3) is 0 Å². The molecule has 0 atom stereocenters. The van der Waals surface area contributed by atoms with Crippen molar-refractivity contribution in [3.8, 4) is 5.75 Å². The van der Waals surface area contributed by atoms with Gasteiger partial charge in [0.2, 0.25) is 0 Å². The zero-order chi connectivity index (χ0) is 14.2. The van der Waals surface area contributed by atoms with Crippen molar-refractivity contribution in [2.45, 2.75) is 32.7 Å². The third kappa shape index (κ3) is 2.51. The minimum Gasteiger partial charge on any atom is -0.473 e. The second-order valence-electron chi connectivity index (χ2n) is 6.38. The molecule has 0 bridgehead atoms. The van der Waals surface area contributed by atoms with E-state index in [0.717, 1.165) is 12.3 Å². The lowest BCUT2D eigenvalue weighted by Crippen LogP contribution is -2.32. The number of fused-ring (bicyclic) bond motifs is 1. The average molecular weight is 267 g/mol. The SMILES string of the molecule is CC(C)(C)c1ccc2c(c1)CN(c1ccccc1)CO2. The number of nitrogens with zero attached hydrogens (tertiary/aromatic N) is 1. The summed E-state index contributed by atoms with van der Waals surface area (Å²) in [5.74, 6) is 1.02. The third-order valence-corrected chi connectivity index (χ3v) is 3.78. The molecule has 0 unspecified atom stereocenters. The van der Waals surface area contributed by atoms with Crippen LogP contribution >= 0.6 is 0 Å². The van der Waals surface area contributed by atoms with Gasteiger partial charge in [0.15, 0.2) is 6.73 Å². The number of anilines is 1. The van der Waals surface area contributed by atoms with Crippen LogP contribution in [-0.2, 0) is 12.0 Å². The van der Waals surface area contributed by atoms with Gasteiger partial charge in [-0.2, -0.15) is 0 Å². The summed E-state index contributed by atoms with van der Waals surface area (Å²) in [5, 5.41) is 0. The van der Waals surface area contributed by atoms with Crippen LogP contribution in [-0.4, -0.2) is 6.73 Å². The molecule has 0 N–H and O–H groups in total. The van der Waals surface area contributed by atoms with E-state index >= 15 is 0 Å². The van der Waals surface area contributed by atoms with Crippen LogP contribution in [0.1, 0.15) is 31.9 Å². The Morgan fingerprint density at radius 2 is 1.75 bits per heavy atom. The first-order valence-corrected chi connectivity index (χ1v) is 7.10. The number of hydrogen-bond donors (Lipinski definition) is 0. The van der Waals surface area contributed by atoms with Crippen molar-refractivity contribution in [2.75, 3.05) is 11.6 Å². The molecule has 2 nitrogen and oxygen atoms in total. The smallest absolute Gasteiger partial charge is 0.161 e. The van der Waals surface area contributed by atoms with Crippen molar-refractivity contribution >= 4 is 5.69 Å². The van der Waals surface area contributed by atoms with Crippen molar-refractivity contribution in [1.29, 1.82) is 0 Å². The second kappa shape index (κ2) is 4.86. The minimum atomic E-state index is 0.171. The molecule has 104 valence electrons. The summed E-state index contributed by atoms with van der Waals surface area (Å²) in [5.41, 5.74) is 4.01. The van der Waals surface area contributed by atoms with E-state index in [2.05, 4.69) is 68.1 Å². The topological polar surface area (TPSA) is 12.5 Å². The quantitative estimate of drug-likeness (QED) is 0.762. The van der Waals surface area contributed by atoms with Gasteiger partial charge in [-0.25, -0.2) is 0 Å². The first kappa shape index (κ1) is 13.0. The van der Waals surface area contributed by atoms with Crippen molar-refractivity contribution in [3.05, 3.63) is 59.7 Å². The van der Waals surface area contributed by atoms with Gasteiger partial charge < -0.3 is 9.64 Å². The van der Waals surface area contributed by atoms with Gasteiger partial charge in [0.05, 0.1) is 0 Å². The molecule has 3 rings (SSSR count). The summed E-state index contributed by atoms with van der Waals surface area (Å²) >= 11 is 0. The van der Waals surface area contributed by atoms with Gasteiger partial charge in [0.1, 0.15) is 5.75 Å². The Morgan fingerprint density at radius 3 is 2.45 bits per heavy atom. The minimum absolute atomic E-state index is 0.171. The summed E-state index contributed by atoms with van der Waals surface area (Å²) < 4.78 is 5.88. The van der Waals surface area contributed by atoms with E-state index in [1.807, 2.05) is 6.07 Å². The summed E-state index contributed by atoms with van der Waals surface area (Å²) in [6.45, 7) is 8.25. The van der Waals surface area contributed by atoms with E-state index < -0.39 is 0 Å². The molecule has 0 radical (unpaired) electrons. The van der Waals surface area contributed by atoms with Gasteiger partial charge >= 0.3 is 0 Å². The molecule has 0 amide bonds. The van der Waals surface area contributed by atoms with E-state index in [1.54, 1.807) is 0 Å². The third-order valence-electron chi connectivity index (χ3n) is 3.78. The molecule has 0 saturated carbocycles. The number of benzene rings is 2. The predicted octanol–water partition coefficient (Wildman–Crippen LogP) is 4.34. The van der Waals surface area contributed by atoms with Gasteiger partial charge in [-0.3, -0.25) is 0 Å². The lowest BCUT2D eigenvalue weighted by atomic mass is 9.86. The first-order valence-electron chi connectivity index (χ1n) is 7.10. The largest absolute Gasteiger partial charge is 0.473 e. The molecule has 2 heteroatoms. The zero-order valence-corrected chi connectivity index (χ0v) is 12.4. The van der Waals surface area contributed by atoms with Crippen molar-refractivity contribution in [2.24, 2.45) is 0 Å². The average Bonchev–Trinajstić information content (AvgIpc) is 2.46. The van der Waals surface area contributed by atoms with Crippen LogP contribution in [0.3, 0.4) is 0 Å². The normalized spacial score (nSPS) is 14.7. The molecule has 0 aromatic heterocycles. The molecular weight excluding hydrogens is 246 g/mol. The maximum absolute atomic E-state index is 5.88. The Bertz CT molecular complexity index is 599. The van der Waals surface area contributed by atoms with Crippen molar-refractivity contribution < 1.29 is 4.74 Å². The number of para-hydroxylation sites is 1. The van der Waals surface area contributed by atoms with E-state index in [0.29, 0.717) is 6.73 Å². The van der Waals surface area contributed by atoms with Crippen LogP contribution in [0, 0.1) is 0 Å². The molecule has 20 heavy (non-hydrogen) atoms. The van der Waals surface area contributed by atoms with Crippen LogP contribution in [0.15, 0.2) is 48.5 Å². The molecule has 0 fully saturated rings. The number of rotatable bonds is 1. The zero-order valence-electron chi connectivity index (χ0n) is 12.4. The van der Waals surface area contributed by atoms with Crippen molar-refractivity contribution in [3.63, 3.8) is 0 Å². The second-order valence-corrected chi connectivity index (χ2v) is 6.38. The van der Waals surface area contributed by atoms with Crippen LogP contribution in [0.5, 0.6) is 5.75 Å². The van der Waals surface area contributed by atoms with Gasteiger partial charge in [0.25, 0.3) is 0 Å². The summed E-state index contributed by atoms with van der Waals surface area (Å²) in [7, 11) is 0. The Kier molecular flexibility index (Phi) is 3.17. The highest BCUT2D eigenvalue weighted by Crippen LogP contribution is 2.32. The maximum Gasteiger partial charge on any atom is 0.161 e. The van der Waals surface area contributed by atoms with Crippen molar-refractivity contribution in [1.82, 2.24) is 0 Å². The molecule has 2 aromatic rings. The molecule has 1 heterocycles. The summed E-state index contributed by atoms with van der Waals surface area (Å²) in [4.78, 5) is 2.26. The predicted molar refractivity (Wildman–Crippen MR) is 83.3 cm³/mol. The van der Waals surface area contributed by atoms with E-state index in [-0.39, 0.29) is 5.41 Å². The van der Waals surface area contributed by atoms with E-state index in [1.165, 1.54) is 16.8 Å². The molecule has 0 spiro atoms. The van der Waals surface area contributed by atoms with Gasteiger partial charge in [-0.15, -0.1) is 0 Å². The Morgan fingerprint density at radius 1 is 1.00 bits per heavy atom. The van der Waals surface area contributed by atoms with E-state index in [9.17, 15) is 0 Å². The fraction of sp³-hybridized carbons (Fsp3) is 0.333. The lowest BCUT2D eigenvalue weighted by molar-refractivity contribution is 0.289. The highest BCUT2D eigenvalue weighted by Gasteiger charge is 2.21. The molecular formula is C18H21NO. The van der Waals surface area contributed by atoms with Gasteiger partial charge in [-0.1, -0.05) is 45.0 Å². The molecule has 2 aromatic carbocycles. The highest BCUT2D eigenvalue weighted by atomic mass is 16.5. The van der Waals surface area contributed by atoms with Crippen LogP contribution in [0.4, 0.5) is 5.69 Å². The van der Waals surface area contributed by atoms with E-state index in [4.69, 9.17) is 4.74 Å². The van der Waals surface area contributed by atoms with Crippen LogP contribution < -0.4 is 9.64 Å². The fourth-order valence-corrected chi connectivity index (χ4v) is 2.51. The summed E-state index contributed by atoms with van der Waals surface area (Å²) in [6.07, 6.45) is 0. The Hall–Kier alpha value is -1.96. The number of hydrogen-bond acceptors (Lipinski definition) is 2. The maximum atomic E-state index is 5.88. The molecule has 0 saturated heterocycles. The van der Waals surface area contributed by atoms with Gasteiger partial charge in [-0.05, 0) is 35.2 Å². The fourth-order valence-electron chi connectivity index (χ4n) is 2.51.